The first-order valence-corrected chi connectivity index (χ1v) is 8.65. The van der Waals surface area contributed by atoms with Crippen molar-refractivity contribution in [3.63, 3.8) is 0 Å². The van der Waals surface area contributed by atoms with Gasteiger partial charge in [0, 0.05) is 31.7 Å². The number of imidazole rings is 1. The molecule has 4 rings (SSSR count). The fourth-order valence-corrected chi connectivity index (χ4v) is 3.95. The molecule has 0 amide bonds. The molecule has 0 saturated carbocycles. The lowest BCUT2D eigenvalue weighted by molar-refractivity contribution is 0.312. The van der Waals surface area contributed by atoms with Crippen LogP contribution in [0.5, 0.6) is 0 Å². The largest absolute Gasteiger partial charge is 0.330 e. The first kappa shape index (κ1) is 15.4. The van der Waals surface area contributed by atoms with E-state index in [-0.39, 0.29) is 0 Å². The van der Waals surface area contributed by atoms with Crippen molar-refractivity contribution >= 4 is 5.65 Å². The Kier molecular flexibility index (Phi) is 4.08. The van der Waals surface area contributed by atoms with Gasteiger partial charge in [0.25, 0.3) is 0 Å². The lowest BCUT2D eigenvalue weighted by Gasteiger charge is -2.16. The Morgan fingerprint density at radius 2 is 1.96 bits per heavy atom. The van der Waals surface area contributed by atoms with E-state index in [1.807, 2.05) is 6.20 Å². The van der Waals surface area contributed by atoms with E-state index in [9.17, 15) is 0 Å². The molecule has 3 aromatic rings. The molecule has 24 heavy (non-hydrogen) atoms. The molecule has 2 N–H and O–H groups in total. The number of aromatic nitrogens is 2. The van der Waals surface area contributed by atoms with Gasteiger partial charge in [-0.05, 0) is 36.6 Å². The molecule has 124 valence electrons. The summed E-state index contributed by atoms with van der Waals surface area (Å²) in [6.45, 7) is 5.88. The van der Waals surface area contributed by atoms with Gasteiger partial charge in [-0.15, -0.1) is 0 Å². The van der Waals surface area contributed by atoms with Crippen LogP contribution in [0, 0.1) is 12.8 Å². The fraction of sp³-hybridized carbons (Fsp3) is 0.350. The van der Waals surface area contributed by atoms with Gasteiger partial charge in [0.1, 0.15) is 5.65 Å². The van der Waals surface area contributed by atoms with Crippen LogP contribution in [0.4, 0.5) is 0 Å². The van der Waals surface area contributed by atoms with Crippen molar-refractivity contribution in [2.45, 2.75) is 19.4 Å². The Bertz CT molecular complexity index is 824. The Hall–Kier alpha value is -2.17. The third kappa shape index (κ3) is 2.72. The zero-order valence-corrected chi connectivity index (χ0v) is 14.1. The van der Waals surface area contributed by atoms with Gasteiger partial charge in [-0.25, -0.2) is 4.98 Å². The molecule has 0 aliphatic carbocycles. The van der Waals surface area contributed by atoms with Crippen molar-refractivity contribution in [1.29, 1.82) is 0 Å². The van der Waals surface area contributed by atoms with Gasteiger partial charge in [0.2, 0.25) is 0 Å². The lowest BCUT2D eigenvalue weighted by atomic mass is 9.89. The maximum atomic E-state index is 6.06. The topological polar surface area (TPSA) is 46.6 Å². The van der Waals surface area contributed by atoms with Gasteiger partial charge in [-0.3, -0.25) is 4.90 Å². The average molecular weight is 320 g/mol. The quantitative estimate of drug-likeness (QED) is 0.804. The number of nitrogens with two attached hydrogens (primary N) is 1. The number of nitrogens with zero attached hydrogens (tertiary/aromatic N) is 3. The van der Waals surface area contributed by atoms with Crippen molar-refractivity contribution in [2.75, 3.05) is 19.6 Å². The standard InChI is InChI=1S/C20H24N4/c1-15-6-5-9-24-18(11-22-20(15)24)13-23-12-17(10-21)19(14-23)16-7-3-2-4-8-16/h2-9,11,17,19H,10,12-14,21H2,1H3/t17-,19+/m1/s1. The summed E-state index contributed by atoms with van der Waals surface area (Å²) in [4.78, 5) is 7.10. The molecule has 0 radical (unpaired) electrons. The Morgan fingerprint density at radius 1 is 1.12 bits per heavy atom. The molecular formula is C20H24N4. The predicted octanol–water partition coefficient (Wildman–Crippen LogP) is 2.82. The Morgan fingerprint density at radius 3 is 2.75 bits per heavy atom. The number of benzene rings is 1. The summed E-state index contributed by atoms with van der Waals surface area (Å²) < 4.78 is 2.21. The molecule has 0 bridgehead atoms. The van der Waals surface area contributed by atoms with E-state index in [2.05, 4.69) is 69.9 Å². The number of fused-ring (bicyclic) bond motifs is 1. The van der Waals surface area contributed by atoms with Crippen molar-refractivity contribution in [3.8, 4) is 0 Å². The molecule has 1 fully saturated rings. The molecule has 3 heterocycles. The van der Waals surface area contributed by atoms with Crippen molar-refractivity contribution in [3.05, 3.63) is 71.7 Å². The van der Waals surface area contributed by atoms with Gasteiger partial charge in [0.05, 0.1) is 11.9 Å². The van der Waals surface area contributed by atoms with Crippen LogP contribution in [0.1, 0.15) is 22.7 Å². The summed E-state index contributed by atoms with van der Waals surface area (Å²) in [6.07, 6.45) is 4.12. The van der Waals surface area contributed by atoms with Crippen LogP contribution >= 0.6 is 0 Å². The van der Waals surface area contributed by atoms with Crippen molar-refractivity contribution in [2.24, 2.45) is 11.7 Å². The molecule has 1 aromatic carbocycles. The Balaban J connectivity index is 1.56. The summed E-state index contributed by atoms with van der Waals surface area (Å²) >= 11 is 0. The number of likely N-dealkylation sites (tertiary alicyclic amines) is 1. The zero-order chi connectivity index (χ0) is 16.5. The summed E-state index contributed by atoms with van der Waals surface area (Å²) in [5.41, 5.74) is 11.0. The van der Waals surface area contributed by atoms with Crippen molar-refractivity contribution in [1.82, 2.24) is 14.3 Å². The average Bonchev–Trinajstić information content (AvgIpc) is 3.21. The molecular weight excluding hydrogens is 296 g/mol. The van der Waals surface area contributed by atoms with Gasteiger partial charge in [-0.2, -0.15) is 0 Å². The van der Waals surface area contributed by atoms with Crippen LogP contribution in [0.15, 0.2) is 54.9 Å². The molecule has 1 aliphatic heterocycles. The van der Waals surface area contributed by atoms with E-state index < -0.39 is 0 Å². The van der Waals surface area contributed by atoms with E-state index in [0.717, 1.165) is 31.8 Å². The maximum Gasteiger partial charge on any atom is 0.139 e. The molecule has 1 aliphatic rings. The summed E-state index contributed by atoms with van der Waals surface area (Å²) in [5.74, 6) is 1.05. The smallest absolute Gasteiger partial charge is 0.139 e. The molecule has 0 spiro atoms. The molecule has 4 heteroatoms. The molecule has 1 saturated heterocycles. The van der Waals surface area contributed by atoms with Crippen LogP contribution in [-0.4, -0.2) is 33.9 Å². The summed E-state index contributed by atoms with van der Waals surface area (Å²) in [5, 5.41) is 0. The second-order valence-electron chi connectivity index (χ2n) is 6.84. The minimum absolute atomic E-state index is 0.522. The molecule has 0 unspecified atom stereocenters. The lowest BCUT2D eigenvalue weighted by Crippen LogP contribution is -2.23. The minimum Gasteiger partial charge on any atom is -0.330 e. The van der Waals surface area contributed by atoms with Crippen LogP contribution in [-0.2, 0) is 6.54 Å². The monoisotopic (exact) mass is 320 g/mol. The summed E-state index contributed by atoms with van der Waals surface area (Å²) in [6, 6.07) is 15.0. The van der Waals surface area contributed by atoms with E-state index in [4.69, 9.17) is 5.73 Å². The predicted molar refractivity (Wildman–Crippen MR) is 96.9 cm³/mol. The van der Waals surface area contributed by atoms with Crippen molar-refractivity contribution < 1.29 is 0 Å². The number of pyridine rings is 1. The van der Waals surface area contributed by atoms with Gasteiger partial charge < -0.3 is 10.1 Å². The molecule has 2 aromatic heterocycles. The third-order valence-electron chi connectivity index (χ3n) is 5.24. The maximum absolute atomic E-state index is 6.06. The zero-order valence-electron chi connectivity index (χ0n) is 14.1. The third-order valence-corrected chi connectivity index (χ3v) is 5.24. The number of hydrogen-bond donors (Lipinski definition) is 1. The van der Waals surface area contributed by atoms with Crippen LogP contribution in [0.3, 0.4) is 0 Å². The number of hydrogen-bond acceptors (Lipinski definition) is 3. The second-order valence-corrected chi connectivity index (χ2v) is 6.84. The van der Waals surface area contributed by atoms with Gasteiger partial charge in [0.15, 0.2) is 0 Å². The van der Waals surface area contributed by atoms with E-state index in [1.165, 1.54) is 16.8 Å². The van der Waals surface area contributed by atoms with Crippen LogP contribution in [0.2, 0.25) is 0 Å². The highest BCUT2D eigenvalue weighted by molar-refractivity contribution is 5.48. The first-order valence-electron chi connectivity index (χ1n) is 8.65. The Labute approximate surface area is 142 Å². The molecule has 4 nitrogen and oxygen atoms in total. The van der Waals surface area contributed by atoms with Crippen LogP contribution < -0.4 is 5.73 Å². The van der Waals surface area contributed by atoms with E-state index >= 15 is 0 Å². The number of aryl methyl sites for hydroxylation is 1. The summed E-state index contributed by atoms with van der Waals surface area (Å²) in [7, 11) is 0. The highest BCUT2D eigenvalue weighted by Crippen LogP contribution is 2.32. The normalized spacial score (nSPS) is 21.6. The van der Waals surface area contributed by atoms with E-state index in [1.54, 1.807) is 0 Å². The van der Waals surface area contributed by atoms with Gasteiger partial charge >= 0.3 is 0 Å². The SMILES string of the molecule is Cc1cccn2c(CN3C[C@@H](CN)[C@H](c4ccccc4)C3)cnc12. The second kappa shape index (κ2) is 6.38. The molecule has 2 atom stereocenters. The first-order chi connectivity index (χ1) is 11.8. The fourth-order valence-electron chi connectivity index (χ4n) is 3.95. The highest BCUT2D eigenvalue weighted by Gasteiger charge is 2.33. The minimum atomic E-state index is 0.522. The van der Waals surface area contributed by atoms with Gasteiger partial charge in [-0.1, -0.05) is 36.4 Å². The van der Waals surface area contributed by atoms with Crippen LogP contribution in [0.25, 0.3) is 5.65 Å². The van der Waals surface area contributed by atoms with E-state index in [0.29, 0.717) is 11.8 Å². The number of rotatable bonds is 4. The highest BCUT2D eigenvalue weighted by atomic mass is 15.2.